The number of benzene rings is 1. The predicted molar refractivity (Wildman–Crippen MR) is 95.8 cm³/mol. The van der Waals surface area contributed by atoms with Gasteiger partial charge in [-0.15, -0.1) is 0 Å². The molecule has 2 heterocycles. The maximum atomic E-state index is 13.0. The molecule has 1 N–H and O–H groups in total. The van der Waals surface area contributed by atoms with Crippen LogP contribution in [0.15, 0.2) is 30.5 Å². The van der Waals surface area contributed by atoms with Gasteiger partial charge in [-0.25, -0.2) is 4.68 Å². The van der Waals surface area contributed by atoms with Crippen molar-refractivity contribution in [3.05, 3.63) is 41.7 Å². The molecule has 3 rings (SSSR count). The quantitative estimate of drug-likeness (QED) is 0.888. The number of hydrogen-bond acceptors (Lipinski definition) is 4. The summed E-state index contributed by atoms with van der Waals surface area (Å²) in [6.07, 6.45) is 3.50. The highest BCUT2D eigenvalue weighted by Crippen LogP contribution is 2.26. The Balaban J connectivity index is 1.93. The summed E-state index contributed by atoms with van der Waals surface area (Å²) in [4.78, 5) is 25.9. The van der Waals surface area contributed by atoms with Gasteiger partial charge in [0.1, 0.15) is 11.4 Å². The van der Waals surface area contributed by atoms with Crippen LogP contribution < -0.4 is 4.74 Å². The zero-order valence-corrected chi connectivity index (χ0v) is 15.0. The van der Waals surface area contributed by atoms with E-state index < -0.39 is 11.9 Å². The average molecular weight is 357 g/mol. The van der Waals surface area contributed by atoms with E-state index in [4.69, 9.17) is 4.74 Å². The minimum atomic E-state index is -0.845. The normalized spacial score (nSPS) is 17.2. The number of carbonyl (C=O) groups excluding carboxylic acids is 1. The fourth-order valence-corrected chi connectivity index (χ4v) is 3.44. The second-order valence-corrected chi connectivity index (χ2v) is 6.37. The molecule has 7 nitrogen and oxygen atoms in total. The number of amides is 1. The first-order valence-corrected chi connectivity index (χ1v) is 8.79. The van der Waals surface area contributed by atoms with Crippen molar-refractivity contribution in [3.63, 3.8) is 0 Å². The van der Waals surface area contributed by atoms with Crippen LogP contribution in [0, 0.1) is 5.92 Å². The monoisotopic (exact) mass is 357 g/mol. The van der Waals surface area contributed by atoms with Crippen molar-refractivity contribution < 1.29 is 19.4 Å². The Labute approximate surface area is 152 Å². The van der Waals surface area contributed by atoms with Crippen LogP contribution in [0.5, 0.6) is 5.75 Å². The van der Waals surface area contributed by atoms with Gasteiger partial charge < -0.3 is 14.7 Å². The molecule has 2 aromatic rings. The molecule has 138 valence electrons. The molecule has 1 saturated heterocycles. The minimum Gasteiger partial charge on any atom is -0.494 e. The number of aliphatic carboxylic acids is 1. The molecule has 1 atom stereocenters. The zero-order valence-electron chi connectivity index (χ0n) is 15.0. The van der Waals surface area contributed by atoms with Crippen LogP contribution in [-0.4, -0.2) is 51.9 Å². The van der Waals surface area contributed by atoms with E-state index in [1.54, 1.807) is 22.9 Å². The largest absolute Gasteiger partial charge is 0.494 e. The Hall–Kier alpha value is -2.83. The zero-order chi connectivity index (χ0) is 18.7. The molecule has 1 aromatic heterocycles. The standard InChI is InChI=1S/C19H23N3O4/c1-3-15-14(18(23)21-10-6-7-13(12-21)19(24)25)11-20-22(15)16-8-4-5-9-17(16)26-2/h4-5,8-9,11,13H,3,6-7,10,12H2,1-2H3,(H,24,25). The number of piperidine rings is 1. The number of methoxy groups -OCH3 is 1. The third-order valence-corrected chi connectivity index (χ3v) is 4.81. The van der Waals surface area contributed by atoms with Crippen molar-refractivity contribution in [3.8, 4) is 11.4 Å². The Bertz CT molecular complexity index is 815. The van der Waals surface area contributed by atoms with E-state index in [0.29, 0.717) is 37.1 Å². The van der Waals surface area contributed by atoms with E-state index >= 15 is 0 Å². The van der Waals surface area contributed by atoms with E-state index in [0.717, 1.165) is 11.4 Å². The van der Waals surface area contributed by atoms with E-state index in [1.165, 1.54) is 0 Å². The lowest BCUT2D eigenvalue weighted by Crippen LogP contribution is -2.42. The fourth-order valence-electron chi connectivity index (χ4n) is 3.44. The van der Waals surface area contributed by atoms with Crippen LogP contribution >= 0.6 is 0 Å². The molecular formula is C19H23N3O4. The number of carboxylic acid groups (broad SMARTS) is 1. The Morgan fingerprint density at radius 1 is 1.35 bits per heavy atom. The lowest BCUT2D eigenvalue weighted by Gasteiger charge is -2.30. The van der Waals surface area contributed by atoms with E-state index in [1.807, 2.05) is 31.2 Å². The Morgan fingerprint density at radius 2 is 2.12 bits per heavy atom. The summed E-state index contributed by atoms with van der Waals surface area (Å²) in [5.74, 6) is -0.827. The first-order valence-electron chi connectivity index (χ1n) is 8.79. The lowest BCUT2D eigenvalue weighted by molar-refractivity contribution is -0.143. The van der Waals surface area contributed by atoms with Gasteiger partial charge in [0.25, 0.3) is 5.91 Å². The number of nitrogens with zero attached hydrogens (tertiary/aromatic N) is 3. The summed E-state index contributed by atoms with van der Waals surface area (Å²) in [5.41, 5.74) is 2.08. The van der Waals surface area contributed by atoms with Gasteiger partial charge in [-0.2, -0.15) is 5.10 Å². The summed E-state index contributed by atoms with van der Waals surface area (Å²) in [7, 11) is 1.60. The van der Waals surface area contributed by atoms with Crippen molar-refractivity contribution in [2.75, 3.05) is 20.2 Å². The minimum absolute atomic E-state index is 0.158. The molecule has 0 aliphatic carbocycles. The van der Waals surface area contributed by atoms with E-state index in [-0.39, 0.29) is 12.5 Å². The molecule has 1 amide bonds. The summed E-state index contributed by atoms with van der Waals surface area (Å²) >= 11 is 0. The van der Waals surface area contributed by atoms with Crippen LogP contribution in [-0.2, 0) is 11.2 Å². The summed E-state index contributed by atoms with van der Waals surface area (Å²) in [6.45, 7) is 2.79. The van der Waals surface area contributed by atoms with Gasteiger partial charge >= 0.3 is 5.97 Å². The summed E-state index contributed by atoms with van der Waals surface area (Å²) in [5, 5.41) is 13.7. The molecule has 1 unspecified atom stereocenters. The van der Waals surface area contributed by atoms with Gasteiger partial charge in [0.15, 0.2) is 0 Å². The number of rotatable bonds is 5. The maximum absolute atomic E-state index is 13.0. The SMILES string of the molecule is CCc1c(C(=O)N2CCCC(C(=O)O)C2)cnn1-c1ccccc1OC. The smallest absolute Gasteiger partial charge is 0.308 e. The molecule has 1 aromatic carbocycles. The number of carboxylic acids is 1. The Kier molecular flexibility index (Phi) is 5.25. The Morgan fingerprint density at radius 3 is 2.81 bits per heavy atom. The predicted octanol–water partition coefficient (Wildman–Crippen LogP) is 2.38. The topological polar surface area (TPSA) is 84.7 Å². The number of aromatic nitrogens is 2. The van der Waals surface area contributed by atoms with Crippen molar-refractivity contribution in [2.45, 2.75) is 26.2 Å². The molecule has 1 aliphatic heterocycles. The molecular weight excluding hydrogens is 334 g/mol. The molecule has 0 bridgehead atoms. The number of hydrogen-bond donors (Lipinski definition) is 1. The van der Waals surface area contributed by atoms with Crippen molar-refractivity contribution in [1.29, 1.82) is 0 Å². The van der Waals surface area contributed by atoms with Crippen molar-refractivity contribution >= 4 is 11.9 Å². The van der Waals surface area contributed by atoms with Gasteiger partial charge in [-0.05, 0) is 31.4 Å². The highest BCUT2D eigenvalue weighted by molar-refractivity contribution is 5.95. The van der Waals surface area contributed by atoms with Crippen LogP contribution in [0.1, 0.15) is 35.8 Å². The van der Waals surface area contributed by atoms with Gasteiger partial charge in [-0.3, -0.25) is 9.59 Å². The molecule has 26 heavy (non-hydrogen) atoms. The highest BCUT2D eigenvalue weighted by atomic mass is 16.5. The van der Waals surface area contributed by atoms with Crippen LogP contribution in [0.25, 0.3) is 5.69 Å². The third-order valence-electron chi connectivity index (χ3n) is 4.81. The van der Waals surface area contributed by atoms with E-state index in [9.17, 15) is 14.7 Å². The summed E-state index contributed by atoms with van der Waals surface area (Å²) in [6, 6.07) is 7.51. The van der Waals surface area contributed by atoms with Gasteiger partial charge in [0.2, 0.25) is 0 Å². The van der Waals surface area contributed by atoms with Crippen molar-refractivity contribution in [1.82, 2.24) is 14.7 Å². The second kappa shape index (κ2) is 7.59. The number of para-hydroxylation sites is 2. The first kappa shape index (κ1) is 18.0. The fraction of sp³-hybridized carbons (Fsp3) is 0.421. The third kappa shape index (κ3) is 3.29. The van der Waals surface area contributed by atoms with Gasteiger partial charge in [0.05, 0.1) is 30.5 Å². The molecule has 0 saturated carbocycles. The number of ether oxygens (including phenoxy) is 1. The lowest BCUT2D eigenvalue weighted by atomic mass is 9.97. The second-order valence-electron chi connectivity index (χ2n) is 6.37. The molecule has 1 aliphatic rings. The van der Waals surface area contributed by atoms with E-state index in [2.05, 4.69) is 5.10 Å². The molecule has 0 radical (unpaired) electrons. The maximum Gasteiger partial charge on any atom is 0.308 e. The van der Waals surface area contributed by atoms with Crippen LogP contribution in [0.3, 0.4) is 0 Å². The first-order chi connectivity index (χ1) is 12.6. The number of carbonyl (C=O) groups is 2. The summed E-state index contributed by atoms with van der Waals surface area (Å²) < 4.78 is 7.13. The highest BCUT2D eigenvalue weighted by Gasteiger charge is 2.30. The van der Waals surface area contributed by atoms with Crippen LogP contribution in [0.2, 0.25) is 0 Å². The average Bonchev–Trinajstić information content (AvgIpc) is 3.11. The molecule has 1 fully saturated rings. The van der Waals surface area contributed by atoms with Gasteiger partial charge in [0, 0.05) is 13.1 Å². The van der Waals surface area contributed by atoms with Crippen molar-refractivity contribution in [2.24, 2.45) is 5.92 Å². The van der Waals surface area contributed by atoms with Crippen LogP contribution in [0.4, 0.5) is 0 Å². The molecule has 0 spiro atoms. The molecule has 7 heteroatoms. The number of likely N-dealkylation sites (tertiary alicyclic amines) is 1. The van der Waals surface area contributed by atoms with Gasteiger partial charge in [-0.1, -0.05) is 19.1 Å².